The van der Waals surface area contributed by atoms with Gasteiger partial charge >= 0.3 is 0 Å². The van der Waals surface area contributed by atoms with E-state index in [4.69, 9.17) is 0 Å². The smallest absolute Gasteiger partial charge is 0.230 e. The molecule has 1 heterocycles. The molecule has 1 saturated heterocycles. The molecule has 0 aromatic rings. The summed E-state index contributed by atoms with van der Waals surface area (Å²) in [6.07, 6.45) is 6.66. The van der Waals surface area contributed by atoms with E-state index in [1.807, 2.05) is 7.05 Å². The summed E-state index contributed by atoms with van der Waals surface area (Å²) in [7, 11) is 2.04. The summed E-state index contributed by atoms with van der Waals surface area (Å²) in [5.74, 6) is 3.47. The molecule has 0 aromatic carbocycles. The Kier molecular flexibility index (Phi) is 3.83. The van der Waals surface area contributed by atoms with Crippen LogP contribution in [0.2, 0.25) is 0 Å². The number of hydrogen-bond acceptors (Lipinski definition) is 2. The Morgan fingerprint density at radius 1 is 1.35 bits per heavy atom. The molecular weight excluding hydrogens is 248 g/mol. The van der Waals surface area contributed by atoms with Crippen LogP contribution in [0.3, 0.4) is 0 Å². The molecule has 1 N–H and O–H groups in total. The Bertz CT molecular complexity index is 373. The van der Waals surface area contributed by atoms with E-state index in [1.165, 1.54) is 25.7 Å². The minimum Gasteiger partial charge on any atom is -0.345 e. The summed E-state index contributed by atoms with van der Waals surface area (Å²) in [5, 5.41) is 3.40. The van der Waals surface area contributed by atoms with Crippen molar-refractivity contribution in [3.63, 3.8) is 0 Å². The first-order chi connectivity index (χ1) is 9.53. The zero-order valence-electron chi connectivity index (χ0n) is 13.3. The lowest BCUT2D eigenvalue weighted by Gasteiger charge is -2.37. The van der Waals surface area contributed by atoms with Crippen LogP contribution in [-0.4, -0.2) is 37.5 Å². The fourth-order valence-corrected chi connectivity index (χ4v) is 5.05. The van der Waals surface area contributed by atoms with Gasteiger partial charge in [0.25, 0.3) is 0 Å². The maximum atomic E-state index is 13.0. The minimum atomic E-state index is -0.146. The zero-order chi connectivity index (χ0) is 14.3. The van der Waals surface area contributed by atoms with Crippen LogP contribution in [0.5, 0.6) is 0 Å². The third-order valence-corrected chi connectivity index (χ3v) is 6.46. The van der Waals surface area contributed by atoms with Crippen molar-refractivity contribution in [1.82, 2.24) is 10.2 Å². The maximum absolute atomic E-state index is 13.0. The third kappa shape index (κ3) is 2.28. The van der Waals surface area contributed by atoms with Gasteiger partial charge in [0, 0.05) is 20.1 Å². The van der Waals surface area contributed by atoms with Crippen LogP contribution in [-0.2, 0) is 4.79 Å². The second kappa shape index (κ2) is 5.32. The molecule has 3 rings (SSSR count). The molecule has 0 radical (unpaired) electrons. The summed E-state index contributed by atoms with van der Waals surface area (Å²) in [6.45, 7) is 7.26. The Balaban J connectivity index is 1.64. The van der Waals surface area contributed by atoms with E-state index < -0.39 is 0 Å². The quantitative estimate of drug-likeness (QED) is 0.857. The molecule has 0 spiro atoms. The average molecular weight is 278 g/mol. The summed E-state index contributed by atoms with van der Waals surface area (Å²) < 4.78 is 0. The minimum absolute atomic E-state index is 0.146. The number of fused-ring (bicyclic) bond motifs is 2. The predicted molar refractivity (Wildman–Crippen MR) is 81.3 cm³/mol. The van der Waals surface area contributed by atoms with Gasteiger partial charge in [-0.2, -0.15) is 0 Å². The fourth-order valence-electron chi connectivity index (χ4n) is 5.05. The molecule has 0 aromatic heterocycles. The van der Waals surface area contributed by atoms with E-state index in [2.05, 4.69) is 24.1 Å². The van der Waals surface area contributed by atoms with Crippen molar-refractivity contribution in [1.29, 1.82) is 0 Å². The van der Waals surface area contributed by atoms with Gasteiger partial charge in [0.15, 0.2) is 0 Å². The van der Waals surface area contributed by atoms with Gasteiger partial charge in [-0.1, -0.05) is 20.3 Å². The molecule has 4 unspecified atom stereocenters. The normalized spacial score (nSPS) is 39.7. The van der Waals surface area contributed by atoms with Crippen molar-refractivity contribution in [3.8, 4) is 0 Å². The van der Waals surface area contributed by atoms with E-state index in [1.54, 1.807) is 0 Å². The standard InChI is InChI=1S/C17H30N2O/c1-12(2)17(6-7-18-11-17)16(20)19(3)10-15-9-13-4-5-14(15)8-13/h12-15,18H,4-11H2,1-3H3. The largest absolute Gasteiger partial charge is 0.345 e. The van der Waals surface area contributed by atoms with Crippen LogP contribution < -0.4 is 5.32 Å². The van der Waals surface area contributed by atoms with Crippen molar-refractivity contribution in [2.24, 2.45) is 29.1 Å². The molecule has 3 aliphatic rings. The Morgan fingerprint density at radius 3 is 2.65 bits per heavy atom. The molecule has 1 amide bonds. The van der Waals surface area contributed by atoms with Crippen LogP contribution in [0.25, 0.3) is 0 Å². The number of carbonyl (C=O) groups is 1. The van der Waals surface area contributed by atoms with Crippen LogP contribution >= 0.6 is 0 Å². The molecule has 3 heteroatoms. The molecule has 3 fully saturated rings. The van der Waals surface area contributed by atoms with E-state index in [9.17, 15) is 4.79 Å². The van der Waals surface area contributed by atoms with Gasteiger partial charge < -0.3 is 10.2 Å². The van der Waals surface area contributed by atoms with Crippen LogP contribution in [0.1, 0.15) is 46.0 Å². The van der Waals surface area contributed by atoms with Crippen molar-refractivity contribution in [2.45, 2.75) is 46.0 Å². The fraction of sp³-hybridized carbons (Fsp3) is 0.941. The highest BCUT2D eigenvalue weighted by atomic mass is 16.2. The van der Waals surface area contributed by atoms with Gasteiger partial charge in [0.05, 0.1) is 5.41 Å². The van der Waals surface area contributed by atoms with Crippen molar-refractivity contribution in [2.75, 3.05) is 26.7 Å². The van der Waals surface area contributed by atoms with Gasteiger partial charge in [0.2, 0.25) is 5.91 Å². The molecule has 1 aliphatic heterocycles. The second-order valence-electron chi connectivity index (χ2n) is 7.86. The van der Waals surface area contributed by atoms with Crippen molar-refractivity contribution in [3.05, 3.63) is 0 Å². The first-order valence-corrected chi connectivity index (χ1v) is 8.49. The van der Waals surface area contributed by atoms with Crippen LogP contribution in [0.4, 0.5) is 0 Å². The van der Waals surface area contributed by atoms with Gasteiger partial charge in [0.1, 0.15) is 0 Å². The first-order valence-electron chi connectivity index (χ1n) is 8.49. The monoisotopic (exact) mass is 278 g/mol. The lowest BCUT2D eigenvalue weighted by molar-refractivity contribution is -0.143. The zero-order valence-corrected chi connectivity index (χ0v) is 13.3. The number of rotatable bonds is 4. The predicted octanol–water partition coefficient (Wildman–Crippen LogP) is 2.52. The van der Waals surface area contributed by atoms with Crippen molar-refractivity contribution >= 4 is 5.91 Å². The van der Waals surface area contributed by atoms with Crippen molar-refractivity contribution < 1.29 is 4.79 Å². The lowest BCUT2D eigenvalue weighted by atomic mass is 9.75. The number of amides is 1. The van der Waals surface area contributed by atoms with E-state index >= 15 is 0 Å². The third-order valence-electron chi connectivity index (χ3n) is 6.46. The Morgan fingerprint density at radius 2 is 2.15 bits per heavy atom. The number of nitrogens with zero attached hydrogens (tertiary/aromatic N) is 1. The van der Waals surface area contributed by atoms with E-state index in [0.717, 1.165) is 43.8 Å². The van der Waals surface area contributed by atoms with Gasteiger partial charge in [-0.05, 0) is 55.9 Å². The topological polar surface area (TPSA) is 32.3 Å². The van der Waals surface area contributed by atoms with E-state index in [-0.39, 0.29) is 5.41 Å². The molecule has 20 heavy (non-hydrogen) atoms. The summed E-state index contributed by atoms with van der Waals surface area (Å²) in [5.41, 5.74) is -0.146. The van der Waals surface area contributed by atoms with Gasteiger partial charge in [-0.25, -0.2) is 0 Å². The summed E-state index contributed by atoms with van der Waals surface area (Å²) in [6, 6.07) is 0. The molecule has 114 valence electrons. The SMILES string of the molecule is CC(C)C1(C(=O)N(C)CC2CC3CCC2C3)CCNC1. The van der Waals surface area contributed by atoms with Crippen LogP contribution in [0, 0.1) is 29.1 Å². The lowest BCUT2D eigenvalue weighted by Crippen LogP contribution is -2.48. The number of hydrogen-bond donors (Lipinski definition) is 1. The maximum Gasteiger partial charge on any atom is 0.230 e. The highest BCUT2D eigenvalue weighted by Crippen LogP contribution is 2.48. The molecular formula is C17H30N2O. The number of nitrogens with one attached hydrogen (secondary N) is 1. The molecule has 3 nitrogen and oxygen atoms in total. The van der Waals surface area contributed by atoms with Crippen LogP contribution in [0.15, 0.2) is 0 Å². The Labute approximate surface area is 123 Å². The Hall–Kier alpha value is -0.570. The molecule has 4 atom stereocenters. The molecule has 2 aliphatic carbocycles. The second-order valence-corrected chi connectivity index (χ2v) is 7.86. The average Bonchev–Trinajstić information content (AvgIpc) is 3.13. The molecule has 2 bridgehead atoms. The summed E-state index contributed by atoms with van der Waals surface area (Å²) in [4.78, 5) is 15.1. The number of carbonyl (C=O) groups excluding carboxylic acids is 1. The van der Waals surface area contributed by atoms with E-state index in [0.29, 0.717) is 11.8 Å². The van der Waals surface area contributed by atoms with Gasteiger partial charge in [-0.3, -0.25) is 4.79 Å². The van der Waals surface area contributed by atoms with Gasteiger partial charge in [-0.15, -0.1) is 0 Å². The first kappa shape index (κ1) is 14.4. The summed E-state index contributed by atoms with van der Waals surface area (Å²) >= 11 is 0. The highest BCUT2D eigenvalue weighted by molar-refractivity contribution is 5.83. The molecule has 2 saturated carbocycles. The highest BCUT2D eigenvalue weighted by Gasteiger charge is 2.47.